The molecule has 248 valence electrons. The van der Waals surface area contributed by atoms with Gasteiger partial charge in [0.2, 0.25) is 5.91 Å². The predicted molar refractivity (Wildman–Crippen MR) is 179 cm³/mol. The Kier molecular flexibility index (Phi) is 11.0. The van der Waals surface area contributed by atoms with Gasteiger partial charge in [-0.15, -0.1) is 0 Å². The average Bonchev–Trinajstić information content (AvgIpc) is 3.55. The molecule has 0 radical (unpaired) electrons. The first-order valence-electron chi connectivity index (χ1n) is 16.9. The van der Waals surface area contributed by atoms with Crippen molar-refractivity contribution >= 4 is 17.8 Å². The number of ether oxygens (including phenoxy) is 2. The molecule has 3 aromatic heterocycles. The van der Waals surface area contributed by atoms with E-state index in [1.165, 1.54) is 0 Å². The first-order chi connectivity index (χ1) is 22.1. The molecule has 0 aromatic carbocycles. The first kappa shape index (κ1) is 33.4. The number of carbonyl (C=O) groups excluding carboxylic acids is 2. The maximum absolute atomic E-state index is 14.3. The van der Waals surface area contributed by atoms with E-state index >= 15 is 0 Å². The lowest BCUT2D eigenvalue weighted by Gasteiger charge is -2.35. The zero-order valence-corrected chi connectivity index (χ0v) is 28.2. The van der Waals surface area contributed by atoms with Crippen molar-refractivity contribution in [3.05, 3.63) is 54.2 Å². The van der Waals surface area contributed by atoms with Crippen LogP contribution in [-0.2, 0) is 9.53 Å². The molecule has 10 heteroatoms. The molecule has 46 heavy (non-hydrogen) atoms. The Morgan fingerprint density at radius 2 is 1.74 bits per heavy atom. The van der Waals surface area contributed by atoms with E-state index in [-0.39, 0.29) is 36.1 Å². The number of hydrogen-bond acceptors (Lipinski definition) is 7. The molecule has 3 heterocycles. The van der Waals surface area contributed by atoms with Crippen molar-refractivity contribution in [1.29, 1.82) is 0 Å². The van der Waals surface area contributed by atoms with Crippen molar-refractivity contribution in [3.8, 4) is 16.9 Å². The number of aromatic nitrogens is 4. The SMILES string of the molecule is COc1ccc([C@H]2CC[C@H](CN(c3cc(-c4cnn(C(C)C)c4)ccn3)C(=O)[C@H]3CC[C@H](OC(=O)NC(C)C)CC3)CC2)nc1C. The van der Waals surface area contributed by atoms with Crippen LogP contribution in [0.3, 0.4) is 0 Å². The van der Waals surface area contributed by atoms with Crippen molar-refractivity contribution < 1.29 is 19.1 Å². The lowest BCUT2D eigenvalue weighted by Crippen LogP contribution is -2.43. The normalized spacial score (nSPS) is 21.7. The monoisotopic (exact) mass is 630 g/mol. The van der Waals surface area contributed by atoms with Gasteiger partial charge >= 0.3 is 6.09 Å². The number of pyridine rings is 2. The highest BCUT2D eigenvalue weighted by Gasteiger charge is 2.34. The Morgan fingerprint density at radius 1 is 1.00 bits per heavy atom. The van der Waals surface area contributed by atoms with Gasteiger partial charge in [0.25, 0.3) is 0 Å². The van der Waals surface area contributed by atoms with Crippen LogP contribution in [0.25, 0.3) is 11.1 Å². The largest absolute Gasteiger partial charge is 0.495 e. The van der Waals surface area contributed by atoms with Crippen LogP contribution in [0.2, 0.25) is 0 Å². The summed E-state index contributed by atoms with van der Waals surface area (Å²) in [7, 11) is 1.68. The number of aryl methyl sites for hydroxylation is 1. The second kappa shape index (κ2) is 15.1. The molecule has 0 bridgehead atoms. The fourth-order valence-electron chi connectivity index (χ4n) is 6.79. The van der Waals surface area contributed by atoms with E-state index in [9.17, 15) is 9.59 Å². The van der Waals surface area contributed by atoms with Crippen LogP contribution in [0, 0.1) is 18.8 Å². The summed E-state index contributed by atoms with van der Waals surface area (Å²) in [5.74, 6) is 2.26. The third kappa shape index (κ3) is 8.25. The van der Waals surface area contributed by atoms with Crippen molar-refractivity contribution in [2.45, 2.75) is 110 Å². The van der Waals surface area contributed by atoms with Gasteiger partial charge < -0.3 is 14.8 Å². The van der Waals surface area contributed by atoms with E-state index in [0.717, 1.165) is 53.9 Å². The van der Waals surface area contributed by atoms with Crippen LogP contribution in [0.5, 0.6) is 5.75 Å². The lowest BCUT2D eigenvalue weighted by molar-refractivity contribution is -0.124. The highest BCUT2D eigenvalue weighted by Crippen LogP contribution is 2.38. The molecule has 2 aliphatic rings. The first-order valence-corrected chi connectivity index (χ1v) is 16.9. The van der Waals surface area contributed by atoms with Crippen LogP contribution >= 0.6 is 0 Å². The molecule has 10 nitrogen and oxygen atoms in total. The second-order valence-corrected chi connectivity index (χ2v) is 13.6. The Balaban J connectivity index is 1.30. The molecule has 0 aliphatic heterocycles. The van der Waals surface area contributed by atoms with Gasteiger partial charge in [0.1, 0.15) is 17.7 Å². The van der Waals surface area contributed by atoms with Crippen molar-refractivity contribution in [1.82, 2.24) is 25.1 Å². The number of alkyl carbamates (subject to hydrolysis) is 1. The average molecular weight is 631 g/mol. The minimum atomic E-state index is -0.385. The number of rotatable bonds is 10. The van der Waals surface area contributed by atoms with Crippen molar-refractivity contribution in [2.24, 2.45) is 11.8 Å². The summed E-state index contributed by atoms with van der Waals surface area (Å²) < 4.78 is 13.0. The molecule has 0 saturated heterocycles. The summed E-state index contributed by atoms with van der Waals surface area (Å²) in [6.07, 6.45) is 12.0. The predicted octanol–water partition coefficient (Wildman–Crippen LogP) is 7.24. The van der Waals surface area contributed by atoms with E-state index in [1.807, 2.05) is 60.9 Å². The zero-order valence-electron chi connectivity index (χ0n) is 28.2. The highest BCUT2D eigenvalue weighted by atomic mass is 16.6. The molecule has 2 fully saturated rings. The molecule has 2 aliphatic carbocycles. The molecule has 2 amide bonds. The molecular weight excluding hydrogens is 580 g/mol. The van der Waals surface area contributed by atoms with E-state index in [1.54, 1.807) is 13.3 Å². The molecule has 0 spiro atoms. The Bertz CT molecular complexity index is 1470. The molecule has 1 N–H and O–H groups in total. The minimum Gasteiger partial charge on any atom is -0.495 e. The number of anilines is 1. The number of amides is 2. The number of hydrogen-bond donors (Lipinski definition) is 1. The fraction of sp³-hybridized carbons (Fsp3) is 0.583. The van der Waals surface area contributed by atoms with Gasteiger partial charge in [0.05, 0.1) is 19.0 Å². The smallest absolute Gasteiger partial charge is 0.407 e. The van der Waals surface area contributed by atoms with Crippen LogP contribution in [0.15, 0.2) is 42.9 Å². The van der Waals surface area contributed by atoms with Gasteiger partial charge in [-0.25, -0.2) is 9.78 Å². The highest BCUT2D eigenvalue weighted by molar-refractivity contribution is 5.94. The van der Waals surface area contributed by atoms with Crippen LogP contribution in [0.1, 0.15) is 102 Å². The van der Waals surface area contributed by atoms with E-state index in [4.69, 9.17) is 19.4 Å². The summed E-state index contributed by atoms with van der Waals surface area (Å²) in [5.41, 5.74) is 4.05. The molecule has 3 aromatic rings. The summed E-state index contributed by atoms with van der Waals surface area (Å²) in [4.78, 5) is 38.0. The lowest BCUT2D eigenvalue weighted by atomic mass is 9.79. The molecular formula is C36H50N6O4. The van der Waals surface area contributed by atoms with Crippen LogP contribution < -0.4 is 15.0 Å². The summed E-state index contributed by atoms with van der Waals surface area (Å²) in [6, 6.07) is 8.40. The molecule has 0 unspecified atom stereocenters. The molecule has 2 saturated carbocycles. The van der Waals surface area contributed by atoms with E-state index in [2.05, 4.69) is 30.3 Å². The summed E-state index contributed by atoms with van der Waals surface area (Å²) >= 11 is 0. The Labute approximate surface area is 273 Å². The zero-order chi connectivity index (χ0) is 32.8. The van der Waals surface area contributed by atoms with E-state index < -0.39 is 0 Å². The van der Waals surface area contributed by atoms with Crippen LogP contribution in [0.4, 0.5) is 10.6 Å². The number of methoxy groups -OCH3 is 1. The van der Waals surface area contributed by atoms with Gasteiger partial charge in [0.15, 0.2) is 0 Å². The standard InChI is InChI=1S/C36H50N6O4/c1-23(2)39-36(44)46-31-13-11-28(12-14-31)35(43)41(34-19-29(17-18-37-34)30-20-38-42(22-30)24(3)4)21-26-7-9-27(10-8-26)32-15-16-33(45-6)25(5)40-32/h15-20,22-24,26-28,31H,7-14,21H2,1-6H3,(H,39,44)/t26-,27-,28-,31-. The number of nitrogens with one attached hydrogen (secondary N) is 1. The Morgan fingerprint density at radius 3 is 2.37 bits per heavy atom. The number of nitrogens with zero attached hydrogens (tertiary/aromatic N) is 5. The van der Waals surface area contributed by atoms with Crippen molar-refractivity contribution in [3.63, 3.8) is 0 Å². The van der Waals surface area contributed by atoms with Gasteiger partial charge in [-0.2, -0.15) is 5.10 Å². The summed E-state index contributed by atoms with van der Waals surface area (Å²) in [5, 5.41) is 7.32. The maximum Gasteiger partial charge on any atom is 0.407 e. The molecule has 0 atom stereocenters. The second-order valence-electron chi connectivity index (χ2n) is 13.6. The van der Waals surface area contributed by atoms with E-state index in [0.29, 0.717) is 49.9 Å². The van der Waals surface area contributed by atoms with Crippen LogP contribution in [-0.4, -0.2) is 57.5 Å². The maximum atomic E-state index is 14.3. The third-order valence-corrected chi connectivity index (χ3v) is 9.44. The van der Waals surface area contributed by atoms with Crippen molar-refractivity contribution in [2.75, 3.05) is 18.6 Å². The minimum absolute atomic E-state index is 0.0219. The van der Waals surface area contributed by atoms with Gasteiger partial charge in [-0.1, -0.05) is 0 Å². The van der Waals surface area contributed by atoms with Gasteiger partial charge in [0, 0.05) is 54.1 Å². The molecule has 5 rings (SSSR count). The van der Waals surface area contributed by atoms with Gasteiger partial charge in [-0.3, -0.25) is 19.4 Å². The number of carbonyl (C=O) groups is 2. The van der Waals surface area contributed by atoms with Gasteiger partial charge in [-0.05, 0) is 122 Å². The Hall–Kier alpha value is -3.95. The third-order valence-electron chi connectivity index (χ3n) is 9.44. The summed E-state index contributed by atoms with van der Waals surface area (Å²) in [6.45, 7) is 10.7. The fourth-order valence-corrected chi connectivity index (χ4v) is 6.79. The topological polar surface area (TPSA) is 111 Å². The quantitative estimate of drug-likeness (QED) is 0.251.